The van der Waals surface area contributed by atoms with Crippen LogP contribution in [-0.2, 0) is 10.0 Å². The van der Waals surface area contributed by atoms with Gasteiger partial charge in [-0.15, -0.1) is 0 Å². The summed E-state index contributed by atoms with van der Waals surface area (Å²) in [5.41, 5.74) is 0. The molecule has 1 N–H and O–H groups in total. The van der Waals surface area contributed by atoms with Gasteiger partial charge in [-0.25, -0.2) is 13.1 Å². The summed E-state index contributed by atoms with van der Waals surface area (Å²) in [5, 5.41) is 0. The number of unbranched alkanes of at least 4 members (excludes halogenated alkanes) is 2. The molecule has 0 amide bonds. The first-order chi connectivity index (χ1) is 11.1. The standard InChI is InChI=1S/C18H30N2O2S/c1-20(17-11-5-2-6-12-17)16-10-4-9-15-19-23(21,22)18-13-7-3-8-14-18/h3,7-8,13-14,17,19H,2,4-6,9-12,15-16H2,1H3. The van der Waals surface area contributed by atoms with Crippen molar-refractivity contribution in [3.05, 3.63) is 30.3 Å². The van der Waals surface area contributed by atoms with E-state index in [4.69, 9.17) is 0 Å². The molecule has 0 unspecified atom stereocenters. The fourth-order valence-electron chi connectivity index (χ4n) is 3.26. The number of hydrogen-bond donors (Lipinski definition) is 1. The van der Waals surface area contributed by atoms with Gasteiger partial charge in [-0.2, -0.15) is 0 Å². The summed E-state index contributed by atoms with van der Waals surface area (Å²) in [6, 6.07) is 9.33. The third kappa shape index (κ3) is 6.24. The highest BCUT2D eigenvalue weighted by Crippen LogP contribution is 2.21. The van der Waals surface area contributed by atoms with E-state index in [-0.39, 0.29) is 0 Å². The zero-order valence-corrected chi connectivity index (χ0v) is 15.0. The molecule has 23 heavy (non-hydrogen) atoms. The second kappa shape index (κ2) is 9.40. The summed E-state index contributed by atoms with van der Waals surface area (Å²) in [6.45, 7) is 1.64. The average molecular weight is 339 g/mol. The van der Waals surface area contributed by atoms with Gasteiger partial charge in [0.05, 0.1) is 4.90 Å². The Morgan fingerprint density at radius 3 is 2.43 bits per heavy atom. The molecule has 2 rings (SSSR count). The van der Waals surface area contributed by atoms with E-state index in [0.29, 0.717) is 11.4 Å². The zero-order chi connectivity index (χ0) is 16.5. The molecule has 0 atom stereocenters. The van der Waals surface area contributed by atoms with E-state index in [1.807, 2.05) is 6.07 Å². The smallest absolute Gasteiger partial charge is 0.240 e. The number of nitrogens with zero attached hydrogens (tertiary/aromatic N) is 1. The van der Waals surface area contributed by atoms with Crippen molar-refractivity contribution in [1.29, 1.82) is 0 Å². The fourth-order valence-corrected chi connectivity index (χ4v) is 4.35. The maximum atomic E-state index is 12.1. The van der Waals surface area contributed by atoms with Crippen molar-refractivity contribution in [1.82, 2.24) is 9.62 Å². The molecule has 1 aromatic rings. The largest absolute Gasteiger partial charge is 0.303 e. The Hall–Kier alpha value is -0.910. The summed E-state index contributed by atoms with van der Waals surface area (Å²) in [6.07, 6.45) is 9.91. The van der Waals surface area contributed by atoms with Crippen LogP contribution in [0, 0.1) is 0 Å². The number of rotatable bonds is 9. The molecule has 1 saturated carbocycles. The molecule has 1 aliphatic rings. The molecule has 0 spiro atoms. The van der Waals surface area contributed by atoms with Crippen LogP contribution in [0.5, 0.6) is 0 Å². The minimum Gasteiger partial charge on any atom is -0.303 e. The topological polar surface area (TPSA) is 49.4 Å². The molecule has 1 aromatic carbocycles. The highest BCUT2D eigenvalue weighted by molar-refractivity contribution is 7.89. The third-order valence-electron chi connectivity index (χ3n) is 4.73. The SMILES string of the molecule is CN(CCCCCNS(=O)(=O)c1ccccc1)C1CCCCC1. The Labute approximate surface area is 141 Å². The van der Waals surface area contributed by atoms with Gasteiger partial charge < -0.3 is 4.90 Å². The molecule has 1 fully saturated rings. The van der Waals surface area contributed by atoms with Crippen LogP contribution < -0.4 is 4.72 Å². The van der Waals surface area contributed by atoms with Crippen LogP contribution in [0.2, 0.25) is 0 Å². The lowest BCUT2D eigenvalue weighted by atomic mass is 9.94. The lowest BCUT2D eigenvalue weighted by Gasteiger charge is -2.31. The minimum atomic E-state index is -3.34. The van der Waals surface area contributed by atoms with Crippen molar-refractivity contribution in [3.8, 4) is 0 Å². The quantitative estimate of drug-likeness (QED) is 0.702. The van der Waals surface area contributed by atoms with Gasteiger partial charge >= 0.3 is 0 Å². The molecule has 4 nitrogen and oxygen atoms in total. The van der Waals surface area contributed by atoms with Gasteiger partial charge in [0.1, 0.15) is 0 Å². The second-order valence-electron chi connectivity index (χ2n) is 6.54. The van der Waals surface area contributed by atoms with Crippen molar-refractivity contribution in [2.45, 2.75) is 62.3 Å². The minimum absolute atomic E-state index is 0.344. The molecular weight excluding hydrogens is 308 g/mol. The van der Waals surface area contributed by atoms with Crippen LogP contribution in [-0.4, -0.2) is 39.5 Å². The number of nitrogens with one attached hydrogen (secondary N) is 1. The molecule has 0 radical (unpaired) electrons. The van der Waals surface area contributed by atoms with Crippen molar-refractivity contribution < 1.29 is 8.42 Å². The predicted octanol–water partition coefficient (Wildman–Crippen LogP) is 3.40. The molecule has 0 saturated heterocycles. The Kier molecular flexibility index (Phi) is 7.53. The van der Waals surface area contributed by atoms with Crippen molar-refractivity contribution in [2.24, 2.45) is 0 Å². The number of hydrogen-bond acceptors (Lipinski definition) is 3. The van der Waals surface area contributed by atoms with E-state index in [1.54, 1.807) is 24.3 Å². The normalized spacial score (nSPS) is 16.8. The first kappa shape index (κ1) is 18.4. The Morgan fingerprint density at radius 2 is 1.74 bits per heavy atom. The molecular formula is C18H30N2O2S. The molecule has 0 bridgehead atoms. The predicted molar refractivity (Wildman–Crippen MR) is 95.0 cm³/mol. The summed E-state index contributed by atoms with van der Waals surface area (Å²) in [7, 11) is -1.11. The Bertz CT molecular complexity index is 539. The maximum absolute atomic E-state index is 12.1. The Balaban J connectivity index is 1.59. The molecule has 0 heterocycles. The fraction of sp³-hybridized carbons (Fsp3) is 0.667. The summed E-state index contributed by atoms with van der Waals surface area (Å²) in [5.74, 6) is 0. The van der Waals surface area contributed by atoms with Crippen LogP contribution in [0.4, 0.5) is 0 Å². The zero-order valence-electron chi connectivity index (χ0n) is 14.2. The van der Waals surface area contributed by atoms with Gasteiger partial charge in [-0.1, -0.05) is 43.9 Å². The average Bonchev–Trinajstić information content (AvgIpc) is 2.59. The van der Waals surface area contributed by atoms with Crippen LogP contribution in [0.3, 0.4) is 0 Å². The lowest BCUT2D eigenvalue weighted by Crippen LogP contribution is -2.34. The number of sulfonamides is 1. The molecule has 0 aromatic heterocycles. The van der Waals surface area contributed by atoms with Gasteiger partial charge in [0.25, 0.3) is 0 Å². The van der Waals surface area contributed by atoms with E-state index < -0.39 is 10.0 Å². The molecule has 1 aliphatic carbocycles. The first-order valence-electron chi connectivity index (χ1n) is 8.84. The Morgan fingerprint density at radius 1 is 1.04 bits per heavy atom. The van der Waals surface area contributed by atoms with E-state index in [9.17, 15) is 8.42 Å². The number of benzene rings is 1. The highest BCUT2D eigenvalue weighted by Gasteiger charge is 2.17. The van der Waals surface area contributed by atoms with E-state index in [2.05, 4.69) is 16.7 Å². The molecule has 5 heteroatoms. The third-order valence-corrected chi connectivity index (χ3v) is 6.21. The summed E-state index contributed by atoms with van der Waals surface area (Å²) >= 11 is 0. The van der Waals surface area contributed by atoms with E-state index in [1.165, 1.54) is 32.1 Å². The van der Waals surface area contributed by atoms with Crippen LogP contribution in [0.1, 0.15) is 51.4 Å². The lowest BCUT2D eigenvalue weighted by molar-refractivity contribution is 0.188. The van der Waals surface area contributed by atoms with Gasteiger partial charge in [0.2, 0.25) is 10.0 Å². The van der Waals surface area contributed by atoms with Crippen molar-refractivity contribution >= 4 is 10.0 Å². The van der Waals surface area contributed by atoms with Crippen molar-refractivity contribution in [3.63, 3.8) is 0 Å². The van der Waals surface area contributed by atoms with Crippen LogP contribution in [0.25, 0.3) is 0 Å². The van der Waals surface area contributed by atoms with Crippen molar-refractivity contribution in [2.75, 3.05) is 20.1 Å². The van der Waals surface area contributed by atoms with Gasteiger partial charge in [-0.3, -0.25) is 0 Å². The molecule has 130 valence electrons. The second-order valence-corrected chi connectivity index (χ2v) is 8.31. The van der Waals surface area contributed by atoms with E-state index in [0.717, 1.165) is 31.8 Å². The summed E-state index contributed by atoms with van der Waals surface area (Å²) in [4.78, 5) is 2.84. The van der Waals surface area contributed by atoms with E-state index >= 15 is 0 Å². The van der Waals surface area contributed by atoms with Gasteiger partial charge in [-0.05, 0) is 51.4 Å². The monoisotopic (exact) mass is 338 g/mol. The van der Waals surface area contributed by atoms with Gasteiger partial charge in [0.15, 0.2) is 0 Å². The maximum Gasteiger partial charge on any atom is 0.240 e. The van der Waals surface area contributed by atoms with Crippen LogP contribution in [0.15, 0.2) is 35.2 Å². The van der Waals surface area contributed by atoms with Gasteiger partial charge in [0, 0.05) is 12.6 Å². The molecule has 0 aliphatic heterocycles. The summed E-state index contributed by atoms with van der Waals surface area (Å²) < 4.78 is 26.8. The van der Waals surface area contributed by atoms with Crippen LogP contribution >= 0.6 is 0 Å². The highest BCUT2D eigenvalue weighted by atomic mass is 32.2. The first-order valence-corrected chi connectivity index (χ1v) is 10.3.